The first-order valence-electron chi connectivity index (χ1n) is 6.69. The van der Waals surface area contributed by atoms with E-state index in [0.717, 1.165) is 5.56 Å². The van der Waals surface area contributed by atoms with Crippen LogP contribution in [0.1, 0.15) is 38.2 Å². The summed E-state index contributed by atoms with van der Waals surface area (Å²) in [6.07, 6.45) is 0.847. The van der Waals surface area contributed by atoms with Crippen LogP contribution in [0.15, 0.2) is 29.2 Å². The summed E-state index contributed by atoms with van der Waals surface area (Å²) < 4.78 is 26.4. The first-order chi connectivity index (χ1) is 8.91. The first kappa shape index (κ1) is 14.5. The largest absolute Gasteiger partial charge is 0.392 e. The zero-order chi connectivity index (χ0) is 14.0. The highest BCUT2D eigenvalue weighted by atomic mass is 32.2. The van der Waals surface area contributed by atoms with Crippen molar-refractivity contribution in [1.29, 1.82) is 0 Å². The third kappa shape index (κ3) is 3.16. The minimum absolute atomic E-state index is 0.203. The molecule has 1 fully saturated rings. The number of nitrogens with zero attached hydrogens (tertiary/aromatic N) is 1. The smallest absolute Gasteiger partial charge is 0.243 e. The normalized spacial score (nSPS) is 21.8. The van der Waals surface area contributed by atoms with Gasteiger partial charge in [-0.05, 0) is 36.5 Å². The van der Waals surface area contributed by atoms with E-state index in [0.29, 0.717) is 30.2 Å². The lowest BCUT2D eigenvalue weighted by molar-refractivity contribution is 0.108. The molecule has 2 rings (SSSR count). The van der Waals surface area contributed by atoms with E-state index >= 15 is 0 Å². The van der Waals surface area contributed by atoms with Crippen LogP contribution in [0.25, 0.3) is 0 Å². The second-order valence-electron chi connectivity index (χ2n) is 5.39. The van der Waals surface area contributed by atoms with Crippen molar-refractivity contribution in [1.82, 2.24) is 4.31 Å². The van der Waals surface area contributed by atoms with Gasteiger partial charge in [0.05, 0.1) is 11.0 Å². The molecule has 106 valence electrons. The van der Waals surface area contributed by atoms with Crippen LogP contribution in [0, 0.1) is 0 Å². The van der Waals surface area contributed by atoms with Crippen LogP contribution in [-0.4, -0.2) is 37.0 Å². The molecule has 0 saturated carbocycles. The van der Waals surface area contributed by atoms with Crippen molar-refractivity contribution < 1.29 is 13.5 Å². The van der Waals surface area contributed by atoms with Crippen molar-refractivity contribution in [2.45, 2.75) is 43.6 Å². The maximum atomic E-state index is 12.5. The number of hydrogen-bond acceptors (Lipinski definition) is 3. The summed E-state index contributed by atoms with van der Waals surface area (Å²) >= 11 is 0. The average molecular weight is 283 g/mol. The van der Waals surface area contributed by atoms with Gasteiger partial charge in [-0.25, -0.2) is 8.42 Å². The first-order valence-corrected chi connectivity index (χ1v) is 8.13. The number of hydrogen-bond donors (Lipinski definition) is 1. The van der Waals surface area contributed by atoms with Crippen LogP contribution in [0.3, 0.4) is 0 Å². The summed E-state index contributed by atoms with van der Waals surface area (Å²) in [5, 5.41) is 9.63. The van der Waals surface area contributed by atoms with E-state index in [4.69, 9.17) is 0 Å². The van der Waals surface area contributed by atoms with Crippen LogP contribution in [0.4, 0.5) is 0 Å². The standard InChI is InChI=1S/C14H21NO3S/c1-11(2)12-5-3-7-14(9-12)19(17,18)15-8-4-6-13(16)10-15/h3,5,7,9,11,13,16H,4,6,8,10H2,1-2H3. The van der Waals surface area contributed by atoms with Gasteiger partial charge in [-0.3, -0.25) is 0 Å². The maximum absolute atomic E-state index is 12.5. The summed E-state index contributed by atoms with van der Waals surface area (Å²) in [5.74, 6) is 0.294. The van der Waals surface area contributed by atoms with Crippen LogP contribution in [-0.2, 0) is 10.0 Å². The maximum Gasteiger partial charge on any atom is 0.243 e. The minimum Gasteiger partial charge on any atom is -0.392 e. The van der Waals surface area contributed by atoms with E-state index in [1.807, 2.05) is 19.9 Å². The Hall–Kier alpha value is -0.910. The number of β-amino-alcohol motifs (C(OH)–C–C–N with tert-alkyl or cyclic N) is 1. The highest BCUT2D eigenvalue weighted by Gasteiger charge is 2.29. The average Bonchev–Trinajstić information content (AvgIpc) is 2.39. The molecule has 0 aromatic heterocycles. The molecule has 1 aliphatic rings. The van der Waals surface area contributed by atoms with Crippen LogP contribution in [0.5, 0.6) is 0 Å². The Kier molecular flexibility index (Phi) is 4.28. The van der Waals surface area contributed by atoms with Gasteiger partial charge in [0.2, 0.25) is 10.0 Å². The van der Waals surface area contributed by atoms with Gasteiger partial charge in [0.1, 0.15) is 0 Å². The summed E-state index contributed by atoms with van der Waals surface area (Å²) in [6, 6.07) is 7.08. The molecule has 5 heteroatoms. The van der Waals surface area contributed by atoms with E-state index in [1.165, 1.54) is 4.31 Å². The summed E-state index contributed by atoms with van der Waals surface area (Å²) in [4.78, 5) is 0.327. The van der Waals surface area contributed by atoms with Gasteiger partial charge in [-0.2, -0.15) is 4.31 Å². The predicted molar refractivity (Wildman–Crippen MR) is 74.5 cm³/mol. The van der Waals surface area contributed by atoms with Gasteiger partial charge in [0.25, 0.3) is 0 Å². The van der Waals surface area contributed by atoms with Crippen molar-refractivity contribution in [2.24, 2.45) is 0 Å². The van der Waals surface area contributed by atoms with Gasteiger partial charge in [-0.15, -0.1) is 0 Å². The second kappa shape index (κ2) is 5.61. The summed E-state index contributed by atoms with van der Waals surface area (Å²) in [5.41, 5.74) is 1.01. The van der Waals surface area contributed by atoms with Crippen molar-refractivity contribution in [3.05, 3.63) is 29.8 Å². The number of aliphatic hydroxyl groups excluding tert-OH is 1. The lowest BCUT2D eigenvalue weighted by Crippen LogP contribution is -2.42. The topological polar surface area (TPSA) is 57.6 Å². The van der Waals surface area contributed by atoms with E-state index in [2.05, 4.69) is 0 Å². The van der Waals surface area contributed by atoms with Crippen LogP contribution >= 0.6 is 0 Å². The molecule has 0 aliphatic carbocycles. The number of piperidine rings is 1. The van der Waals surface area contributed by atoms with E-state index in [1.54, 1.807) is 18.2 Å². The van der Waals surface area contributed by atoms with Gasteiger partial charge < -0.3 is 5.11 Å². The summed E-state index contributed by atoms with van der Waals surface area (Å²) in [7, 11) is -3.48. The fourth-order valence-electron chi connectivity index (χ4n) is 2.32. The SMILES string of the molecule is CC(C)c1cccc(S(=O)(=O)N2CCCC(O)C2)c1. The molecule has 1 aliphatic heterocycles. The highest BCUT2D eigenvalue weighted by Crippen LogP contribution is 2.23. The molecular weight excluding hydrogens is 262 g/mol. The molecule has 0 radical (unpaired) electrons. The van der Waals surface area contributed by atoms with Crippen LogP contribution in [0.2, 0.25) is 0 Å². The Bertz CT molecular complexity index is 539. The molecule has 1 aromatic rings. The molecule has 1 heterocycles. The Morgan fingerprint density at radius 1 is 1.37 bits per heavy atom. The monoisotopic (exact) mass is 283 g/mol. The third-order valence-electron chi connectivity index (χ3n) is 3.52. The molecule has 19 heavy (non-hydrogen) atoms. The molecule has 1 unspecified atom stereocenters. The number of rotatable bonds is 3. The Morgan fingerprint density at radius 2 is 2.11 bits per heavy atom. The van der Waals surface area contributed by atoms with E-state index in [9.17, 15) is 13.5 Å². The van der Waals surface area contributed by atoms with Crippen LogP contribution < -0.4 is 0 Å². The zero-order valence-corrected chi connectivity index (χ0v) is 12.2. The Balaban J connectivity index is 2.31. The van der Waals surface area contributed by atoms with Crippen molar-refractivity contribution >= 4 is 10.0 Å². The van der Waals surface area contributed by atoms with Gasteiger partial charge in [0.15, 0.2) is 0 Å². The Labute approximate surface area is 115 Å². The molecular formula is C14H21NO3S. The zero-order valence-electron chi connectivity index (χ0n) is 11.4. The Morgan fingerprint density at radius 3 is 2.74 bits per heavy atom. The number of aliphatic hydroxyl groups is 1. The van der Waals surface area contributed by atoms with Crippen molar-refractivity contribution in [3.8, 4) is 0 Å². The van der Waals surface area contributed by atoms with Crippen molar-refractivity contribution in [3.63, 3.8) is 0 Å². The fraction of sp³-hybridized carbons (Fsp3) is 0.571. The molecule has 1 atom stereocenters. The van der Waals surface area contributed by atoms with E-state index in [-0.39, 0.29) is 6.54 Å². The second-order valence-corrected chi connectivity index (χ2v) is 7.32. The quantitative estimate of drug-likeness (QED) is 0.922. The van der Waals surface area contributed by atoms with Gasteiger partial charge in [-0.1, -0.05) is 26.0 Å². The minimum atomic E-state index is -3.48. The molecule has 1 aromatic carbocycles. The third-order valence-corrected chi connectivity index (χ3v) is 5.38. The predicted octanol–water partition coefficient (Wildman–Crippen LogP) is 1.96. The highest BCUT2D eigenvalue weighted by molar-refractivity contribution is 7.89. The van der Waals surface area contributed by atoms with Gasteiger partial charge in [0, 0.05) is 13.1 Å². The molecule has 4 nitrogen and oxygen atoms in total. The lowest BCUT2D eigenvalue weighted by atomic mass is 10.0. The molecule has 0 bridgehead atoms. The van der Waals surface area contributed by atoms with Gasteiger partial charge >= 0.3 is 0 Å². The van der Waals surface area contributed by atoms with Crippen molar-refractivity contribution in [2.75, 3.05) is 13.1 Å². The number of sulfonamides is 1. The molecule has 0 amide bonds. The number of benzene rings is 1. The summed E-state index contributed by atoms with van der Waals surface area (Å²) in [6.45, 7) is 4.77. The molecule has 1 saturated heterocycles. The molecule has 0 spiro atoms. The fourth-order valence-corrected chi connectivity index (χ4v) is 3.89. The lowest BCUT2D eigenvalue weighted by Gasteiger charge is -2.29. The van der Waals surface area contributed by atoms with E-state index < -0.39 is 16.1 Å². The molecule has 1 N–H and O–H groups in total.